The summed E-state index contributed by atoms with van der Waals surface area (Å²) < 4.78 is 16.5. The smallest absolute Gasteiger partial charge is 0.355 e. The molecule has 0 unspecified atom stereocenters. The third-order valence-corrected chi connectivity index (χ3v) is 8.23. The molecule has 0 radical (unpaired) electrons. The Hall–Kier alpha value is -4.38. The largest absolute Gasteiger partial charge is 0.507 e. The minimum absolute atomic E-state index is 0.0306. The predicted molar refractivity (Wildman–Crippen MR) is 169 cm³/mol. The number of aromatic hydroxyl groups is 1. The lowest BCUT2D eigenvalue weighted by Gasteiger charge is -2.44. The SMILES string of the molecule is C=CC(=O)N1C[C@H](C)N(c2nc(=O)n(-c3c(C(C)C)ncnc3C(C)C)c3nc(-c4c(O)cccc4F)c(Cl)cc23)C[C@H]1C. The summed E-state index contributed by atoms with van der Waals surface area (Å²) in [6.45, 7) is 16.1. The molecule has 0 saturated carbocycles. The number of rotatable bonds is 6. The molecule has 1 aliphatic heterocycles. The fourth-order valence-corrected chi connectivity index (χ4v) is 6.02. The standard InChI is InChI=1S/C32H35ClFN7O3/c1-8-24(43)39-13-19(7)40(14-18(39)6)30-20-12-21(33)28(25-22(34)10-9-11-23(25)42)37-31(20)41(32(44)38-30)29-26(16(2)3)35-15-36-27(29)17(4)5/h8-12,15-19,42H,1,13-14H2,2-7H3/t18-,19+/m1/s1. The number of phenols is 1. The summed E-state index contributed by atoms with van der Waals surface area (Å²) in [6, 6.07) is 5.08. The van der Waals surface area contributed by atoms with Gasteiger partial charge in [0.1, 0.15) is 23.7 Å². The normalized spacial score (nSPS) is 17.1. The Morgan fingerprint density at radius 1 is 1.09 bits per heavy atom. The molecular weight excluding hydrogens is 585 g/mol. The number of hydrogen-bond acceptors (Lipinski definition) is 8. The quantitative estimate of drug-likeness (QED) is 0.277. The van der Waals surface area contributed by atoms with Crippen LogP contribution in [0.4, 0.5) is 10.2 Å². The first kappa shape index (κ1) is 31.1. The number of benzene rings is 1. The number of carbonyl (C=O) groups is 1. The predicted octanol–water partition coefficient (Wildman–Crippen LogP) is 5.59. The molecule has 1 amide bonds. The molecule has 2 atom stereocenters. The van der Waals surface area contributed by atoms with Crippen LogP contribution in [0.25, 0.3) is 28.0 Å². The van der Waals surface area contributed by atoms with Gasteiger partial charge < -0.3 is 14.9 Å². The van der Waals surface area contributed by atoms with E-state index in [0.29, 0.717) is 41.4 Å². The molecule has 12 heteroatoms. The first-order valence-corrected chi connectivity index (χ1v) is 14.9. The molecule has 44 heavy (non-hydrogen) atoms. The van der Waals surface area contributed by atoms with Crippen molar-refractivity contribution >= 4 is 34.4 Å². The highest BCUT2D eigenvalue weighted by molar-refractivity contribution is 6.34. The van der Waals surface area contributed by atoms with Crippen molar-refractivity contribution in [2.75, 3.05) is 18.0 Å². The second-order valence-electron chi connectivity index (χ2n) is 11.7. The first-order valence-electron chi connectivity index (χ1n) is 14.5. The minimum atomic E-state index is -0.721. The van der Waals surface area contributed by atoms with Gasteiger partial charge in [0.15, 0.2) is 5.65 Å². The first-order chi connectivity index (χ1) is 20.8. The summed E-state index contributed by atoms with van der Waals surface area (Å²) in [7, 11) is 0. The number of amides is 1. The van der Waals surface area contributed by atoms with Gasteiger partial charge in [-0.25, -0.2) is 28.7 Å². The lowest BCUT2D eigenvalue weighted by atomic mass is 10.0. The van der Waals surface area contributed by atoms with Crippen LogP contribution in [0.2, 0.25) is 5.02 Å². The van der Waals surface area contributed by atoms with E-state index in [0.717, 1.165) is 0 Å². The Bertz CT molecular complexity index is 1790. The number of carbonyl (C=O) groups excluding carboxylic acids is 1. The maximum absolute atomic E-state index is 15.1. The number of nitrogens with zero attached hydrogens (tertiary/aromatic N) is 7. The van der Waals surface area contributed by atoms with Gasteiger partial charge in [-0.3, -0.25) is 4.79 Å². The highest BCUT2D eigenvalue weighted by Crippen LogP contribution is 2.39. The Kier molecular flexibility index (Phi) is 8.44. The van der Waals surface area contributed by atoms with Crippen LogP contribution < -0.4 is 10.6 Å². The Balaban J connectivity index is 1.88. The number of phenolic OH excluding ortho intramolecular Hbond substituents is 1. The highest BCUT2D eigenvalue weighted by atomic mass is 35.5. The van der Waals surface area contributed by atoms with Crippen molar-refractivity contribution in [1.29, 1.82) is 0 Å². The maximum atomic E-state index is 15.1. The molecule has 1 aromatic carbocycles. The summed E-state index contributed by atoms with van der Waals surface area (Å²) in [4.78, 5) is 48.9. The van der Waals surface area contributed by atoms with Crippen LogP contribution in [0.1, 0.15) is 64.8 Å². The highest BCUT2D eigenvalue weighted by Gasteiger charge is 2.34. The van der Waals surface area contributed by atoms with Crippen molar-refractivity contribution in [3.8, 4) is 22.7 Å². The number of aromatic nitrogens is 5. The zero-order valence-electron chi connectivity index (χ0n) is 25.5. The van der Waals surface area contributed by atoms with Crippen LogP contribution in [0.15, 0.2) is 48.0 Å². The summed E-state index contributed by atoms with van der Waals surface area (Å²) >= 11 is 6.78. The lowest BCUT2D eigenvalue weighted by Crippen LogP contribution is -2.58. The third-order valence-electron chi connectivity index (χ3n) is 7.94. The Labute approximate surface area is 259 Å². The molecule has 0 spiro atoms. The van der Waals surface area contributed by atoms with Crippen LogP contribution in [-0.4, -0.2) is 65.6 Å². The topological polar surface area (TPSA) is 117 Å². The fourth-order valence-electron chi connectivity index (χ4n) is 5.78. The van der Waals surface area contributed by atoms with Gasteiger partial charge in [0.2, 0.25) is 5.91 Å². The summed E-state index contributed by atoms with van der Waals surface area (Å²) in [6.07, 6.45) is 2.76. The van der Waals surface area contributed by atoms with Gasteiger partial charge in [-0.05, 0) is 50.0 Å². The van der Waals surface area contributed by atoms with E-state index >= 15 is 4.39 Å². The average molecular weight is 620 g/mol. The van der Waals surface area contributed by atoms with E-state index in [2.05, 4.69) is 21.5 Å². The van der Waals surface area contributed by atoms with Gasteiger partial charge in [-0.1, -0.05) is 51.9 Å². The fraction of sp³-hybridized carbons (Fsp3) is 0.375. The minimum Gasteiger partial charge on any atom is -0.507 e. The maximum Gasteiger partial charge on any atom is 0.355 e. The monoisotopic (exact) mass is 619 g/mol. The van der Waals surface area contributed by atoms with Crippen LogP contribution >= 0.6 is 11.6 Å². The molecule has 3 aromatic heterocycles. The van der Waals surface area contributed by atoms with Crippen LogP contribution in [0, 0.1) is 5.82 Å². The van der Waals surface area contributed by atoms with Crippen molar-refractivity contribution in [2.24, 2.45) is 0 Å². The second-order valence-corrected chi connectivity index (χ2v) is 12.1. The molecule has 10 nitrogen and oxygen atoms in total. The van der Waals surface area contributed by atoms with E-state index in [1.54, 1.807) is 11.0 Å². The third kappa shape index (κ3) is 5.29. The molecule has 0 bridgehead atoms. The Morgan fingerprint density at radius 3 is 2.34 bits per heavy atom. The van der Waals surface area contributed by atoms with Crippen molar-refractivity contribution in [3.05, 3.63) is 76.0 Å². The lowest BCUT2D eigenvalue weighted by molar-refractivity contribution is -0.128. The van der Waals surface area contributed by atoms with Crippen molar-refractivity contribution in [1.82, 2.24) is 29.4 Å². The molecule has 5 rings (SSSR count). The van der Waals surface area contributed by atoms with E-state index in [4.69, 9.17) is 16.6 Å². The molecule has 1 N–H and O–H groups in total. The number of halogens is 2. The average Bonchev–Trinajstić information content (AvgIpc) is 2.97. The number of hydrogen-bond donors (Lipinski definition) is 1. The second kappa shape index (κ2) is 12.0. The molecular formula is C32H35ClFN7O3. The number of anilines is 1. The van der Waals surface area contributed by atoms with Gasteiger partial charge in [0.05, 0.1) is 38.7 Å². The summed E-state index contributed by atoms with van der Waals surface area (Å²) in [5.74, 6) is -1.10. The van der Waals surface area contributed by atoms with E-state index in [1.165, 1.54) is 35.2 Å². The number of piperazine rings is 1. The summed E-state index contributed by atoms with van der Waals surface area (Å²) in [5, 5.41) is 11.1. The van der Waals surface area contributed by atoms with Gasteiger partial charge >= 0.3 is 5.69 Å². The van der Waals surface area contributed by atoms with E-state index in [9.17, 15) is 14.7 Å². The van der Waals surface area contributed by atoms with Gasteiger partial charge in [0.25, 0.3) is 0 Å². The van der Waals surface area contributed by atoms with E-state index in [1.807, 2.05) is 46.4 Å². The van der Waals surface area contributed by atoms with Crippen LogP contribution in [0.3, 0.4) is 0 Å². The van der Waals surface area contributed by atoms with Gasteiger partial charge in [0, 0.05) is 25.2 Å². The Morgan fingerprint density at radius 2 is 1.75 bits per heavy atom. The van der Waals surface area contributed by atoms with Crippen molar-refractivity contribution in [3.63, 3.8) is 0 Å². The summed E-state index contributed by atoms with van der Waals surface area (Å²) in [5.41, 5.74) is 0.997. The zero-order chi connectivity index (χ0) is 32.0. The number of fused-ring (bicyclic) bond motifs is 1. The van der Waals surface area contributed by atoms with Crippen LogP contribution in [0.5, 0.6) is 5.75 Å². The molecule has 1 aliphatic rings. The molecule has 4 heterocycles. The molecule has 4 aromatic rings. The van der Waals surface area contributed by atoms with E-state index < -0.39 is 11.5 Å². The van der Waals surface area contributed by atoms with E-state index in [-0.39, 0.29) is 57.5 Å². The van der Waals surface area contributed by atoms with Gasteiger partial charge in [-0.15, -0.1) is 0 Å². The van der Waals surface area contributed by atoms with Crippen molar-refractivity contribution < 1.29 is 14.3 Å². The number of pyridine rings is 1. The zero-order valence-corrected chi connectivity index (χ0v) is 26.3. The molecule has 0 aliphatic carbocycles. The van der Waals surface area contributed by atoms with Crippen LogP contribution in [-0.2, 0) is 4.79 Å². The molecule has 1 fully saturated rings. The molecule has 230 valence electrons. The van der Waals surface area contributed by atoms with Gasteiger partial charge in [-0.2, -0.15) is 4.98 Å². The van der Waals surface area contributed by atoms with Crippen molar-refractivity contribution in [2.45, 2.75) is 65.5 Å². The molecule has 1 saturated heterocycles.